The minimum atomic E-state index is -0.589. The van der Waals surface area contributed by atoms with E-state index in [1.807, 2.05) is 84.9 Å². The van der Waals surface area contributed by atoms with Crippen molar-refractivity contribution in [1.29, 1.82) is 0 Å². The topological polar surface area (TPSA) is 82.8 Å². The number of nitrogens with zero attached hydrogens (tertiary/aromatic N) is 1. The second-order valence-corrected chi connectivity index (χ2v) is 9.66. The van der Waals surface area contributed by atoms with Crippen LogP contribution in [0.25, 0.3) is 17.4 Å². The molecule has 0 unspecified atom stereocenters. The van der Waals surface area contributed by atoms with E-state index in [1.165, 1.54) is 0 Å². The van der Waals surface area contributed by atoms with Gasteiger partial charge in [0.1, 0.15) is 5.60 Å². The SMILES string of the molecule is CC(C)(C)OC(=O)NCC(=Cc1ccc(-c2ccno2)cc1)B1OC(C)(C)C(C)(C)O1. The minimum Gasteiger partial charge on any atom is -0.444 e. The molecule has 1 aliphatic rings. The van der Waals surface area contributed by atoms with Gasteiger partial charge in [0.15, 0.2) is 5.76 Å². The lowest BCUT2D eigenvalue weighted by Crippen LogP contribution is -2.41. The van der Waals surface area contributed by atoms with Gasteiger partial charge in [0.25, 0.3) is 0 Å². The highest BCUT2D eigenvalue weighted by Gasteiger charge is 2.52. The molecule has 7 nitrogen and oxygen atoms in total. The van der Waals surface area contributed by atoms with E-state index < -0.39 is 30.0 Å². The first-order valence-electron chi connectivity index (χ1n) is 10.4. The largest absolute Gasteiger partial charge is 0.492 e. The first kappa shape index (κ1) is 23.1. The van der Waals surface area contributed by atoms with Crippen LogP contribution in [0.5, 0.6) is 0 Å². The number of amides is 1. The van der Waals surface area contributed by atoms with Crippen LogP contribution in [0.4, 0.5) is 4.79 Å². The molecule has 1 N–H and O–H groups in total. The highest BCUT2D eigenvalue weighted by Crippen LogP contribution is 2.38. The molecule has 3 rings (SSSR count). The fourth-order valence-electron chi connectivity index (χ4n) is 3.01. The van der Waals surface area contributed by atoms with E-state index in [-0.39, 0.29) is 6.54 Å². The average molecular weight is 426 g/mol. The Balaban J connectivity index is 1.82. The number of carbonyl (C=O) groups is 1. The molecular formula is C23H31BN2O5. The first-order chi connectivity index (χ1) is 14.4. The second kappa shape index (κ2) is 8.51. The molecule has 1 aliphatic heterocycles. The van der Waals surface area contributed by atoms with Crippen molar-refractivity contribution in [3.05, 3.63) is 47.6 Å². The molecule has 0 spiro atoms. The number of alkyl carbamates (subject to hydrolysis) is 1. The summed E-state index contributed by atoms with van der Waals surface area (Å²) in [5.74, 6) is 0.702. The Morgan fingerprint density at radius 2 is 1.71 bits per heavy atom. The summed E-state index contributed by atoms with van der Waals surface area (Å²) in [4.78, 5) is 12.2. The maximum Gasteiger partial charge on any atom is 0.492 e. The van der Waals surface area contributed by atoms with Crippen molar-refractivity contribution in [1.82, 2.24) is 10.5 Å². The smallest absolute Gasteiger partial charge is 0.444 e. The maximum atomic E-state index is 12.2. The van der Waals surface area contributed by atoms with Gasteiger partial charge in [0.05, 0.1) is 17.4 Å². The average Bonchev–Trinajstić information content (AvgIpc) is 3.24. The molecule has 1 aromatic heterocycles. The minimum absolute atomic E-state index is 0.232. The molecule has 1 amide bonds. The summed E-state index contributed by atoms with van der Waals surface area (Å²) in [7, 11) is -0.589. The van der Waals surface area contributed by atoms with Crippen molar-refractivity contribution in [2.24, 2.45) is 0 Å². The summed E-state index contributed by atoms with van der Waals surface area (Å²) in [5, 5.41) is 6.56. The van der Waals surface area contributed by atoms with Gasteiger partial charge in [-0.1, -0.05) is 35.5 Å². The summed E-state index contributed by atoms with van der Waals surface area (Å²) in [5.41, 5.74) is 1.11. The quantitative estimate of drug-likeness (QED) is 0.687. The summed E-state index contributed by atoms with van der Waals surface area (Å²) in [6.07, 6.45) is 3.08. The van der Waals surface area contributed by atoms with Crippen molar-refractivity contribution < 1.29 is 23.4 Å². The number of benzene rings is 1. The third-order valence-electron chi connectivity index (χ3n) is 5.38. The number of aromatic nitrogens is 1. The van der Waals surface area contributed by atoms with Gasteiger partial charge in [-0.15, -0.1) is 0 Å². The van der Waals surface area contributed by atoms with E-state index in [2.05, 4.69) is 10.5 Å². The van der Waals surface area contributed by atoms with Gasteiger partial charge in [0, 0.05) is 18.2 Å². The molecule has 0 saturated carbocycles. The van der Waals surface area contributed by atoms with Gasteiger partial charge >= 0.3 is 13.2 Å². The maximum absolute atomic E-state index is 12.2. The number of hydrogen-bond acceptors (Lipinski definition) is 6. The van der Waals surface area contributed by atoms with E-state index >= 15 is 0 Å². The van der Waals surface area contributed by atoms with E-state index in [9.17, 15) is 4.79 Å². The van der Waals surface area contributed by atoms with Crippen molar-refractivity contribution >= 4 is 19.3 Å². The van der Waals surface area contributed by atoms with Gasteiger partial charge in [-0.3, -0.25) is 0 Å². The Morgan fingerprint density at radius 1 is 1.10 bits per heavy atom. The Hall–Kier alpha value is -2.58. The summed E-state index contributed by atoms with van der Waals surface area (Å²) in [6.45, 7) is 13.7. The summed E-state index contributed by atoms with van der Waals surface area (Å²) < 4.78 is 23.0. The predicted molar refractivity (Wildman–Crippen MR) is 120 cm³/mol. The molecule has 31 heavy (non-hydrogen) atoms. The number of hydrogen-bond donors (Lipinski definition) is 1. The fourth-order valence-corrected chi connectivity index (χ4v) is 3.01. The van der Waals surface area contributed by atoms with Gasteiger partial charge in [-0.05, 0) is 59.5 Å². The van der Waals surface area contributed by atoms with Crippen LogP contribution in [-0.4, -0.2) is 41.7 Å². The fraction of sp³-hybridized carbons (Fsp3) is 0.478. The van der Waals surface area contributed by atoms with E-state index in [0.717, 1.165) is 16.6 Å². The number of nitrogens with one attached hydrogen (secondary N) is 1. The van der Waals surface area contributed by atoms with Crippen LogP contribution < -0.4 is 5.32 Å². The lowest BCUT2D eigenvalue weighted by molar-refractivity contribution is 0.00578. The highest BCUT2D eigenvalue weighted by molar-refractivity contribution is 6.56. The van der Waals surface area contributed by atoms with Gasteiger partial charge in [-0.25, -0.2) is 4.79 Å². The van der Waals surface area contributed by atoms with Crippen LogP contribution >= 0.6 is 0 Å². The second-order valence-electron chi connectivity index (χ2n) is 9.66. The standard InChI is InChI=1S/C23H31BN2O5/c1-21(2,3)28-20(27)25-15-18(24-30-22(4,5)23(6,7)31-24)14-16-8-10-17(11-9-16)19-12-13-26-29-19/h8-14H,15H2,1-7H3,(H,25,27). The van der Waals surface area contributed by atoms with Gasteiger partial charge in [0.2, 0.25) is 0 Å². The molecule has 1 saturated heterocycles. The highest BCUT2D eigenvalue weighted by atomic mass is 16.7. The normalized spacial score (nSPS) is 18.2. The Labute approximate surface area is 184 Å². The van der Waals surface area contributed by atoms with Crippen molar-refractivity contribution in [3.63, 3.8) is 0 Å². The number of carbonyl (C=O) groups excluding carboxylic acids is 1. The predicted octanol–water partition coefficient (Wildman–Crippen LogP) is 4.88. The third kappa shape index (κ3) is 5.77. The lowest BCUT2D eigenvalue weighted by atomic mass is 9.77. The van der Waals surface area contributed by atoms with Crippen molar-refractivity contribution in [2.75, 3.05) is 6.54 Å². The summed E-state index contributed by atoms with van der Waals surface area (Å²) in [6, 6.07) is 9.66. The molecule has 0 bridgehead atoms. The van der Waals surface area contributed by atoms with Crippen LogP contribution in [0, 0.1) is 0 Å². The van der Waals surface area contributed by atoms with Gasteiger partial charge < -0.3 is 23.9 Å². The van der Waals surface area contributed by atoms with Gasteiger partial charge in [-0.2, -0.15) is 0 Å². The van der Waals surface area contributed by atoms with E-state index in [4.69, 9.17) is 18.6 Å². The molecule has 0 aliphatic carbocycles. The van der Waals surface area contributed by atoms with Crippen molar-refractivity contribution in [2.45, 2.75) is 65.3 Å². The number of ether oxygens (including phenoxy) is 1. The van der Waals surface area contributed by atoms with E-state index in [0.29, 0.717) is 5.76 Å². The molecule has 8 heteroatoms. The molecule has 1 aromatic carbocycles. The summed E-state index contributed by atoms with van der Waals surface area (Å²) >= 11 is 0. The molecule has 2 aromatic rings. The zero-order valence-corrected chi connectivity index (χ0v) is 19.3. The van der Waals surface area contributed by atoms with Crippen molar-refractivity contribution in [3.8, 4) is 11.3 Å². The Kier molecular flexibility index (Phi) is 6.34. The zero-order chi connectivity index (χ0) is 22.9. The molecule has 166 valence electrons. The van der Waals surface area contributed by atoms with Crippen LogP contribution in [0.2, 0.25) is 0 Å². The van der Waals surface area contributed by atoms with Crippen LogP contribution in [0.3, 0.4) is 0 Å². The Bertz CT molecular complexity index is 912. The van der Waals surface area contributed by atoms with E-state index in [1.54, 1.807) is 6.20 Å². The Morgan fingerprint density at radius 3 is 2.23 bits per heavy atom. The zero-order valence-electron chi connectivity index (χ0n) is 19.3. The van der Waals surface area contributed by atoms with Crippen LogP contribution in [0.15, 0.2) is 46.5 Å². The first-order valence-corrected chi connectivity index (χ1v) is 10.4. The molecule has 0 atom stereocenters. The third-order valence-corrected chi connectivity index (χ3v) is 5.38. The molecule has 0 radical (unpaired) electrons. The lowest BCUT2D eigenvalue weighted by Gasteiger charge is -2.32. The van der Waals surface area contributed by atoms with Crippen LogP contribution in [-0.2, 0) is 14.0 Å². The molecule has 2 heterocycles. The molecule has 1 fully saturated rings. The molecular weight excluding hydrogens is 395 g/mol. The monoisotopic (exact) mass is 426 g/mol. The number of rotatable bonds is 5. The van der Waals surface area contributed by atoms with Crippen LogP contribution in [0.1, 0.15) is 54.0 Å².